The Morgan fingerprint density at radius 1 is 0.397 bits per heavy atom. The van der Waals surface area contributed by atoms with Crippen molar-refractivity contribution in [2.45, 2.75) is 286 Å². The van der Waals surface area contributed by atoms with Gasteiger partial charge in [-0.3, -0.25) is 29.2 Å². The van der Waals surface area contributed by atoms with Crippen molar-refractivity contribution in [2.24, 2.45) is 25.8 Å². The summed E-state index contributed by atoms with van der Waals surface area (Å²) in [6.45, 7) is 10.8. The number of sulfone groups is 5. The highest BCUT2D eigenvalue weighted by molar-refractivity contribution is 9.10. The third-order valence-corrected chi connectivity index (χ3v) is 37.0. The summed E-state index contributed by atoms with van der Waals surface area (Å²) in [4.78, 5) is 93.0. The molecule has 42 heteroatoms. The zero-order valence-corrected chi connectivity index (χ0v) is 84.3. The number of amides is 2. The fourth-order valence-corrected chi connectivity index (χ4v) is 20.4. The van der Waals surface area contributed by atoms with E-state index in [0.717, 1.165) is 118 Å². The monoisotopic (exact) mass is 2050 g/mol. The first-order valence-electron chi connectivity index (χ1n) is 45.7. The molecule has 0 aromatic heterocycles. The first kappa shape index (κ1) is 107. The lowest BCUT2D eigenvalue weighted by Crippen LogP contribution is -2.52. The fourth-order valence-electron chi connectivity index (χ4n) is 15.9. The van der Waals surface area contributed by atoms with Crippen LogP contribution in [0, 0.1) is 0 Å². The molecular weight excluding hydrogens is 1930 g/mol. The van der Waals surface area contributed by atoms with E-state index >= 15 is 0 Å². The molecule has 744 valence electrons. The number of oxime groups is 5. The van der Waals surface area contributed by atoms with E-state index in [2.05, 4.69) is 95.7 Å². The van der Waals surface area contributed by atoms with Gasteiger partial charge < -0.3 is 53.6 Å². The van der Waals surface area contributed by atoms with Crippen LogP contribution in [-0.4, -0.2) is 239 Å². The van der Waals surface area contributed by atoms with E-state index in [9.17, 15) is 71.2 Å². The number of carbonyl (C=O) groups is 5. The van der Waals surface area contributed by atoms with Crippen LogP contribution < -0.4 is 11.0 Å². The van der Waals surface area contributed by atoms with E-state index in [1.807, 2.05) is 72.8 Å². The number of aliphatic carboxylic acids is 1. The van der Waals surface area contributed by atoms with E-state index in [-0.39, 0.29) is 51.1 Å². The Morgan fingerprint density at radius 2 is 0.662 bits per heavy atom. The third-order valence-electron chi connectivity index (χ3n) is 26.6. The van der Waals surface area contributed by atoms with Gasteiger partial charge >= 0.3 is 25.0 Å². The highest BCUT2D eigenvalue weighted by atomic mass is 79.9. The molecule has 35 nitrogen and oxygen atoms in total. The number of rotatable bonds is 34. The molecule has 6 heterocycles. The van der Waals surface area contributed by atoms with E-state index in [1.165, 1.54) is 114 Å². The van der Waals surface area contributed by atoms with E-state index in [1.54, 1.807) is 13.8 Å². The second-order valence-electron chi connectivity index (χ2n) is 37.8. The van der Waals surface area contributed by atoms with Gasteiger partial charge in [-0.25, -0.2) is 57.9 Å². The van der Waals surface area contributed by atoms with E-state index in [0.29, 0.717) is 68.8 Å². The molecule has 6 unspecified atom stereocenters. The van der Waals surface area contributed by atoms with Crippen LogP contribution in [0.4, 0.5) is 0 Å². The first-order chi connectivity index (χ1) is 63.9. The van der Waals surface area contributed by atoms with Gasteiger partial charge in [0, 0.05) is 113 Å². The third kappa shape index (κ3) is 28.0. The summed E-state index contributed by atoms with van der Waals surface area (Å²) < 4.78 is 129. The minimum absolute atomic E-state index is 0.00576. The Morgan fingerprint density at radius 3 is 0.882 bits per heavy atom. The molecule has 6 aliphatic heterocycles. The van der Waals surface area contributed by atoms with Crippen molar-refractivity contribution in [2.75, 3.05) is 51.1 Å². The van der Waals surface area contributed by atoms with Crippen molar-refractivity contribution in [3.8, 4) is 0 Å². The van der Waals surface area contributed by atoms with Gasteiger partial charge in [-0.15, -0.1) is 0 Å². The molecule has 11 aliphatic rings. The highest BCUT2D eigenvalue weighted by Crippen LogP contribution is 2.45. The zero-order valence-electron chi connectivity index (χ0n) is 78.6. The van der Waals surface area contributed by atoms with Crippen molar-refractivity contribution >= 4 is 131 Å². The summed E-state index contributed by atoms with van der Waals surface area (Å²) >= 11 is 3.37. The van der Waals surface area contributed by atoms with Gasteiger partial charge in [-0.1, -0.05) is 164 Å². The Balaban J connectivity index is 0.000000161. The number of ether oxygens (including phenoxy) is 3. The Kier molecular flexibility index (Phi) is 35.5. The number of nitrogens with one attached hydrogen (secondary N) is 2. The van der Waals surface area contributed by atoms with Crippen molar-refractivity contribution < 1.29 is 130 Å². The molecule has 0 spiro atoms. The molecule has 0 radical (unpaired) electrons. The maximum atomic E-state index is 12.8. The lowest BCUT2D eigenvalue weighted by molar-refractivity contribution is -0.201. The van der Waals surface area contributed by atoms with Crippen LogP contribution in [0.3, 0.4) is 0 Å². The van der Waals surface area contributed by atoms with Crippen molar-refractivity contribution in [3.63, 3.8) is 0 Å². The topological polar surface area (TPSA) is 506 Å². The fraction of sp³-hybridized carbons (Fsp3) is 0.574. The second kappa shape index (κ2) is 45.0. The van der Waals surface area contributed by atoms with Crippen LogP contribution >= 0.6 is 15.9 Å². The Hall–Kier alpha value is -9.11. The number of carboxylic acids is 1. The molecular formula is C94H125BBrN7O28S5. The van der Waals surface area contributed by atoms with Gasteiger partial charge in [-0.05, 0) is 204 Å². The number of nitrogens with zero attached hydrogens (tertiary/aromatic N) is 5. The molecule has 1 saturated heterocycles. The average molecular weight is 2050 g/mol. The molecule has 2 amide bonds. The van der Waals surface area contributed by atoms with Gasteiger partial charge in [0.1, 0.15) is 30.5 Å². The van der Waals surface area contributed by atoms with E-state index in [4.69, 9.17) is 58.5 Å². The molecule has 6 fully saturated rings. The molecule has 16 rings (SSSR count). The molecule has 0 bridgehead atoms. The zero-order chi connectivity index (χ0) is 99.3. The number of hydrogen-bond acceptors (Lipinski definition) is 32. The van der Waals surface area contributed by atoms with Gasteiger partial charge in [0.2, 0.25) is 0 Å². The summed E-state index contributed by atoms with van der Waals surface area (Å²) in [5.41, 5.74) is 17.5. The van der Waals surface area contributed by atoms with E-state index < -0.39 is 147 Å². The van der Waals surface area contributed by atoms with Gasteiger partial charge in [0.05, 0.1) is 41.8 Å². The minimum Gasteiger partial charge on any atom is -0.480 e. The number of hydroxylamine groups is 2. The van der Waals surface area contributed by atoms with Crippen molar-refractivity contribution in [1.82, 2.24) is 11.0 Å². The van der Waals surface area contributed by atoms with Gasteiger partial charge in [0.25, 0.3) is 11.8 Å². The normalized spacial score (nSPS) is 22.9. The van der Waals surface area contributed by atoms with Crippen LogP contribution in [0.25, 0.3) is 0 Å². The number of carboxylic acid groups (broad SMARTS) is 1. The first-order valence-corrected chi connectivity index (χ1v) is 55.9. The maximum Gasteiger partial charge on any atom is 0.454 e. The predicted octanol–water partition coefficient (Wildman–Crippen LogP) is 12.1. The predicted molar refractivity (Wildman–Crippen MR) is 514 cm³/mol. The Bertz CT molecular complexity index is 5860. The number of esters is 2. The largest absolute Gasteiger partial charge is 0.480 e. The lowest BCUT2D eigenvalue weighted by Gasteiger charge is -2.29. The summed E-state index contributed by atoms with van der Waals surface area (Å²) in [6, 6.07) is 40.5. The minimum atomic E-state index is -3.77. The standard InChI is InChI=1S/C22H30N2O6S.C19H25NO5S.C17H22N2O5S.C17H21NO5S.C16H20BrNO5S.C3H7BO2/c1-22(31(2,26)27,21(25)24-30-20-5-3-4-12-28-20)14-18-13-19(23-29-18)17-10-8-16(9-11-17)15-6-7-15;1-4-24-18(21)19(2,26(3,22)23)12-16-11-17(20-25-16)15-9-7-14(8-10-15)13-5-6-13;1-17(16(20)18-21,25(2,22)23)10-14-9-15(19-24-14)13-7-5-12(6-8-13)11-3-4-11;1-17(16(19)20,24(2,21)22)10-14-9-15(18-23-14)13-7-5-12(6-8-13)11-3-4-11;1-4-22-15(19)16(2,24(3,20)21)10-13-9-14(18-23-13)11-5-7-12(17)8-6-11;5-4(6)3-1-2-3/h8-11,15,18,20H,3-7,12-14H2,1-2H3,(H,24,25);7-10,13,16H,4-6,11-12H2,1-3H3;5-8,11,14,21H,3-4,9-10H2,1-2H3,(H,18,20);5-8,11,14H,3-4,9-10H2,1-2H3,(H,19,20);5-8,13H,4,9-10H2,1-3H3;3,5-6H,1-2H2/t18?,20?,22-;16?,19-;2*14?,17-;13?,16-;/m11111./s1. The average Bonchev–Trinajstić information content (AvgIpc) is 1.56. The molecule has 5 aromatic carbocycles. The van der Waals surface area contributed by atoms with Gasteiger partial charge in [0.15, 0.2) is 79.2 Å². The quantitative estimate of drug-likeness (QED) is 0.00964. The number of carbonyl (C=O) groups excluding carboxylic acids is 4. The molecule has 136 heavy (non-hydrogen) atoms. The Labute approximate surface area is 804 Å². The van der Waals surface area contributed by atoms with Crippen LogP contribution in [0.5, 0.6) is 0 Å². The lowest BCUT2D eigenvalue weighted by atomic mass is 9.84. The van der Waals surface area contributed by atoms with Crippen LogP contribution in [0.2, 0.25) is 5.82 Å². The smallest absolute Gasteiger partial charge is 0.454 e. The van der Waals surface area contributed by atoms with Crippen LogP contribution in [0.15, 0.2) is 152 Å². The summed E-state index contributed by atoms with van der Waals surface area (Å²) in [7, 11) is -19.7. The van der Waals surface area contributed by atoms with Crippen molar-refractivity contribution in [1.29, 1.82) is 0 Å². The second-order valence-corrected chi connectivity index (χ2v) is 50.9. The summed E-state index contributed by atoms with van der Waals surface area (Å²) in [5, 5.41) is 55.1. The molecule has 5 aliphatic carbocycles. The van der Waals surface area contributed by atoms with Crippen LogP contribution in [0.1, 0.15) is 270 Å². The van der Waals surface area contributed by atoms with Crippen LogP contribution in [-0.2, 0) is 116 Å². The number of halogens is 1. The van der Waals surface area contributed by atoms with Crippen molar-refractivity contribution in [3.05, 3.63) is 176 Å². The summed E-state index contributed by atoms with van der Waals surface area (Å²) in [6.07, 6.45) is 18.3. The molecule has 5 aromatic rings. The molecule has 11 atom stereocenters. The molecule has 6 N–H and O–H groups in total. The SMILES string of the molecule is CCOC(=O)[C@@](C)(CC1CC(c2ccc(Br)cc2)=NO1)S(C)(=O)=O.CCOC(=O)[C@@](C)(CC1CC(c2ccc(C3CC3)cc2)=NO1)S(C)(=O)=O.C[C@@](CC1CC(c2ccc(C3CC3)cc2)=NO1)(C(=O)NO)S(C)(=O)=O.C[C@@](CC1CC(c2ccc(C3CC3)cc2)=NO1)(C(=O)NOC1CCCCO1)S(C)(=O)=O.C[C@@](CC1CC(c2ccc(C3CC3)cc2)=NO1)(C(=O)O)S(C)(=O)=O.OB(O)C1CC1. The maximum absolute atomic E-state index is 12.8. The number of benzene rings is 5. The highest BCUT2D eigenvalue weighted by Gasteiger charge is 2.53. The molecule has 5 saturated carbocycles. The summed E-state index contributed by atoms with van der Waals surface area (Å²) in [5.74, 6) is -1.62. The number of hydrogen-bond donors (Lipinski definition) is 6. The van der Waals surface area contributed by atoms with Gasteiger partial charge in [-0.2, -0.15) is 0 Å².